The highest BCUT2D eigenvalue weighted by Gasteiger charge is 2.24. The van der Waals surface area contributed by atoms with Crippen molar-refractivity contribution in [2.45, 2.75) is 45.7 Å². The molecule has 2 heterocycles. The Labute approximate surface area is 153 Å². The molecule has 1 aliphatic rings. The van der Waals surface area contributed by atoms with Crippen molar-refractivity contribution in [1.82, 2.24) is 19.8 Å². The van der Waals surface area contributed by atoms with Gasteiger partial charge in [-0.05, 0) is 31.9 Å². The fourth-order valence-electron chi connectivity index (χ4n) is 3.41. The number of para-hydroxylation sites is 2. The summed E-state index contributed by atoms with van der Waals surface area (Å²) < 4.78 is 7.01. The zero-order valence-corrected chi connectivity index (χ0v) is 15.4. The Morgan fingerprint density at radius 3 is 2.65 bits per heavy atom. The van der Waals surface area contributed by atoms with Crippen LogP contribution in [0.4, 0.5) is 4.79 Å². The van der Waals surface area contributed by atoms with E-state index in [1.54, 1.807) is 11.8 Å². The van der Waals surface area contributed by atoms with Gasteiger partial charge in [0.2, 0.25) is 5.91 Å². The van der Waals surface area contributed by atoms with Crippen LogP contribution < -0.4 is 5.32 Å². The second kappa shape index (κ2) is 8.21. The lowest BCUT2D eigenvalue weighted by molar-refractivity contribution is -0.122. The number of aryl methyl sites for hydroxylation is 1. The molecular weight excluding hydrogens is 332 g/mol. The summed E-state index contributed by atoms with van der Waals surface area (Å²) >= 11 is 0. The minimum absolute atomic E-state index is 0.0163. The number of carbonyl (C=O) groups excluding carboxylic acids is 2. The maximum Gasteiger partial charge on any atom is 0.409 e. The van der Waals surface area contributed by atoms with Crippen LogP contribution in [0.2, 0.25) is 0 Å². The summed E-state index contributed by atoms with van der Waals surface area (Å²) in [5, 5.41) is 3.10. The summed E-state index contributed by atoms with van der Waals surface area (Å²) in [6.07, 6.45) is 2.00. The summed E-state index contributed by atoms with van der Waals surface area (Å²) in [5.41, 5.74) is 1.90. The third kappa shape index (κ3) is 3.98. The highest BCUT2D eigenvalue weighted by atomic mass is 16.6. The predicted molar refractivity (Wildman–Crippen MR) is 98.9 cm³/mol. The van der Waals surface area contributed by atoms with Crippen LogP contribution in [0.1, 0.15) is 32.5 Å². The van der Waals surface area contributed by atoms with E-state index in [-0.39, 0.29) is 24.6 Å². The van der Waals surface area contributed by atoms with Gasteiger partial charge >= 0.3 is 6.09 Å². The summed E-state index contributed by atoms with van der Waals surface area (Å²) in [6.45, 7) is 5.71. The lowest BCUT2D eigenvalue weighted by Gasteiger charge is -2.31. The standard InChI is InChI=1S/C19H26N4O3/c1-3-17-21-15-7-5-6-8-16(15)23(17)13-18(24)20-14-9-11-22(12-10-14)19(25)26-4-2/h5-8,14H,3-4,9-13H2,1-2H3,(H,20,24). The first-order valence-corrected chi connectivity index (χ1v) is 9.27. The number of likely N-dealkylation sites (tertiary alicyclic amines) is 1. The van der Waals surface area contributed by atoms with Gasteiger partial charge in [-0.1, -0.05) is 19.1 Å². The van der Waals surface area contributed by atoms with Gasteiger partial charge in [-0.25, -0.2) is 9.78 Å². The largest absolute Gasteiger partial charge is 0.450 e. The maximum absolute atomic E-state index is 12.5. The van der Waals surface area contributed by atoms with Gasteiger partial charge in [-0.2, -0.15) is 0 Å². The van der Waals surface area contributed by atoms with E-state index in [1.165, 1.54) is 0 Å². The molecule has 0 atom stereocenters. The van der Waals surface area contributed by atoms with E-state index in [4.69, 9.17) is 4.74 Å². The molecule has 2 aromatic rings. The highest BCUT2D eigenvalue weighted by Crippen LogP contribution is 2.17. The molecule has 2 amide bonds. The molecule has 1 aliphatic heterocycles. The van der Waals surface area contributed by atoms with Crippen molar-refractivity contribution < 1.29 is 14.3 Å². The highest BCUT2D eigenvalue weighted by molar-refractivity contribution is 5.81. The number of nitrogens with zero attached hydrogens (tertiary/aromatic N) is 3. The average Bonchev–Trinajstić information content (AvgIpc) is 3.00. The molecule has 0 spiro atoms. The predicted octanol–water partition coefficient (Wildman–Crippen LogP) is 2.34. The molecule has 0 bridgehead atoms. The molecule has 0 aliphatic carbocycles. The molecule has 7 nitrogen and oxygen atoms in total. The minimum atomic E-state index is -0.269. The van der Waals surface area contributed by atoms with E-state index in [1.807, 2.05) is 35.8 Å². The molecule has 7 heteroatoms. The molecule has 26 heavy (non-hydrogen) atoms. The van der Waals surface area contributed by atoms with Crippen LogP contribution in [-0.2, 0) is 22.5 Å². The summed E-state index contributed by atoms with van der Waals surface area (Å²) in [4.78, 5) is 30.6. The van der Waals surface area contributed by atoms with Crippen LogP contribution >= 0.6 is 0 Å². The maximum atomic E-state index is 12.5. The van der Waals surface area contributed by atoms with E-state index in [0.717, 1.165) is 36.1 Å². The average molecular weight is 358 g/mol. The Morgan fingerprint density at radius 1 is 1.23 bits per heavy atom. The quantitative estimate of drug-likeness (QED) is 0.890. The van der Waals surface area contributed by atoms with E-state index in [2.05, 4.69) is 10.3 Å². The Kier molecular flexibility index (Phi) is 5.75. The molecule has 1 aromatic carbocycles. The zero-order valence-electron chi connectivity index (χ0n) is 15.4. The van der Waals surface area contributed by atoms with Gasteiger partial charge in [0.1, 0.15) is 12.4 Å². The molecule has 1 fully saturated rings. The molecule has 0 radical (unpaired) electrons. The van der Waals surface area contributed by atoms with Crippen LogP contribution in [0.15, 0.2) is 24.3 Å². The lowest BCUT2D eigenvalue weighted by atomic mass is 10.1. The fourth-order valence-corrected chi connectivity index (χ4v) is 3.41. The third-order valence-electron chi connectivity index (χ3n) is 4.74. The number of piperidine rings is 1. The van der Waals surface area contributed by atoms with Gasteiger partial charge in [-0.3, -0.25) is 4.79 Å². The minimum Gasteiger partial charge on any atom is -0.450 e. The van der Waals surface area contributed by atoms with Crippen molar-refractivity contribution in [3.63, 3.8) is 0 Å². The molecule has 1 saturated heterocycles. The number of carbonyl (C=O) groups is 2. The lowest BCUT2D eigenvalue weighted by Crippen LogP contribution is -2.47. The normalized spacial score (nSPS) is 15.2. The number of hydrogen-bond donors (Lipinski definition) is 1. The Bertz CT molecular complexity index is 778. The van der Waals surface area contributed by atoms with Crippen molar-refractivity contribution in [3.8, 4) is 0 Å². The molecule has 1 N–H and O–H groups in total. The number of nitrogens with one attached hydrogen (secondary N) is 1. The van der Waals surface area contributed by atoms with Gasteiger partial charge in [0.15, 0.2) is 0 Å². The van der Waals surface area contributed by atoms with Crippen molar-refractivity contribution >= 4 is 23.0 Å². The second-order valence-electron chi connectivity index (χ2n) is 6.48. The van der Waals surface area contributed by atoms with Crippen LogP contribution in [0.25, 0.3) is 11.0 Å². The number of aromatic nitrogens is 2. The summed E-state index contributed by atoms with van der Waals surface area (Å²) in [5.74, 6) is 0.899. The number of hydrogen-bond acceptors (Lipinski definition) is 4. The summed E-state index contributed by atoms with van der Waals surface area (Å²) in [6, 6.07) is 7.97. The summed E-state index contributed by atoms with van der Waals surface area (Å²) in [7, 11) is 0. The number of ether oxygens (including phenoxy) is 1. The van der Waals surface area contributed by atoms with Gasteiger partial charge in [0, 0.05) is 25.6 Å². The molecule has 0 saturated carbocycles. The van der Waals surface area contributed by atoms with Gasteiger partial charge < -0.3 is 19.5 Å². The van der Waals surface area contributed by atoms with Gasteiger partial charge in [-0.15, -0.1) is 0 Å². The van der Waals surface area contributed by atoms with E-state index in [0.29, 0.717) is 19.7 Å². The number of fused-ring (bicyclic) bond motifs is 1. The van der Waals surface area contributed by atoms with Crippen molar-refractivity contribution in [3.05, 3.63) is 30.1 Å². The first-order valence-electron chi connectivity index (χ1n) is 9.27. The zero-order chi connectivity index (χ0) is 18.5. The van der Waals surface area contributed by atoms with Crippen LogP contribution in [0, 0.1) is 0 Å². The number of imidazole rings is 1. The first-order chi connectivity index (χ1) is 12.6. The molecular formula is C19H26N4O3. The van der Waals surface area contributed by atoms with Crippen molar-refractivity contribution in [2.24, 2.45) is 0 Å². The third-order valence-corrected chi connectivity index (χ3v) is 4.74. The van der Waals surface area contributed by atoms with E-state index in [9.17, 15) is 9.59 Å². The van der Waals surface area contributed by atoms with Crippen molar-refractivity contribution in [2.75, 3.05) is 19.7 Å². The first kappa shape index (κ1) is 18.2. The Morgan fingerprint density at radius 2 is 1.96 bits per heavy atom. The van der Waals surface area contributed by atoms with Crippen LogP contribution in [0.3, 0.4) is 0 Å². The molecule has 3 rings (SSSR count). The topological polar surface area (TPSA) is 76.5 Å². The Hall–Kier alpha value is -2.57. The molecule has 0 unspecified atom stereocenters. The fraction of sp³-hybridized carbons (Fsp3) is 0.526. The molecule has 1 aromatic heterocycles. The van der Waals surface area contributed by atoms with Crippen LogP contribution in [0.5, 0.6) is 0 Å². The second-order valence-corrected chi connectivity index (χ2v) is 6.48. The van der Waals surface area contributed by atoms with Crippen LogP contribution in [-0.4, -0.2) is 52.2 Å². The SMILES string of the molecule is CCOC(=O)N1CCC(NC(=O)Cn2c(CC)nc3ccccc32)CC1. The number of benzene rings is 1. The number of amides is 2. The smallest absolute Gasteiger partial charge is 0.409 e. The van der Waals surface area contributed by atoms with E-state index >= 15 is 0 Å². The molecule has 140 valence electrons. The van der Waals surface area contributed by atoms with Crippen molar-refractivity contribution in [1.29, 1.82) is 0 Å². The Balaban J connectivity index is 1.58. The monoisotopic (exact) mass is 358 g/mol. The van der Waals surface area contributed by atoms with Gasteiger partial charge in [0.25, 0.3) is 0 Å². The van der Waals surface area contributed by atoms with Gasteiger partial charge in [0.05, 0.1) is 17.6 Å². The van der Waals surface area contributed by atoms with E-state index < -0.39 is 0 Å². The number of rotatable bonds is 5.